The summed E-state index contributed by atoms with van der Waals surface area (Å²) in [5.41, 5.74) is 2.15. The molecule has 0 aromatic carbocycles. The Labute approximate surface area is 88.2 Å². The van der Waals surface area contributed by atoms with Gasteiger partial charge in [0.15, 0.2) is 0 Å². The van der Waals surface area contributed by atoms with Crippen LogP contribution in [0, 0.1) is 0 Å². The summed E-state index contributed by atoms with van der Waals surface area (Å²) in [7, 11) is 1.93. The van der Waals surface area contributed by atoms with Crippen LogP contribution >= 0.6 is 0 Å². The average molecular weight is 203 g/mol. The molecule has 0 fully saturated rings. The first-order valence-electron chi connectivity index (χ1n) is 4.79. The number of hydrogen-bond donors (Lipinski definition) is 1. The van der Waals surface area contributed by atoms with Crippen molar-refractivity contribution in [1.82, 2.24) is 25.1 Å². The quantitative estimate of drug-likeness (QED) is 0.786. The van der Waals surface area contributed by atoms with E-state index in [1.54, 1.807) is 18.7 Å². The maximum atomic E-state index is 4.12. The molecule has 0 atom stereocenters. The summed E-state index contributed by atoms with van der Waals surface area (Å²) in [5, 5.41) is 7.39. The Morgan fingerprint density at radius 3 is 2.87 bits per heavy atom. The molecule has 0 unspecified atom stereocenters. The molecule has 0 aliphatic carbocycles. The first-order valence-corrected chi connectivity index (χ1v) is 4.79. The van der Waals surface area contributed by atoms with Crippen LogP contribution < -0.4 is 5.32 Å². The number of aromatic nitrogens is 4. The number of nitrogens with one attached hydrogen (secondary N) is 1. The van der Waals surface area contributed by atoms with Crippen molar-refractivity contribution < 1.29 is 0 Å². The monoisotopic (exact) mass is 203 g/mol. The molecule has 0 saturated carbocycles. The molecule has 0 aliphatic heterocycles. The molecule has 2 heterocycles. The Balaban J connectivity index is 1.83. The van der Waals surface area contributed by atoms with E-state index in [-0.39, 0.29) is 0 Å². The van der Waals surface area contributed by atoms with Gasteiger partial charge in [0.2, 0.25) is 0 Å². The molecule has 0 aliphatic rings. The molecule has 0 spiro atoms. The van der Waals surface area contributed by atoms with E-state index in [1.165, 1.54) is 0 Å². The first-order chi connectivity index (χ1) is 7.36. The van der Waals surface area contributed by atoms with Gasteiger partial charge in [0.1, 0.15) is 6.33 Å². The summed E-state index contributed by atoms with van der Waals surface area (Å²) in [6, 6.07) is 3.89. The minimum absolute atomic E-state index is 0.744. The van der Waals surface area contributed by atoms with Gasteiger partial charge in [0, 0.05) is 32.5 Å². The maximum Gasteiger partial charge on any atom is 0.115 e. The minimum Gasteiger partial charge on any atom is -0.306 e. The number of hydrogen-bond acceptors (Lipinski definition) is 4. The summed E-state index contributed by atoms with van der Waals surface area (Å²) in [4.78, 5) is 7.99. The van der Waals surface area contributed by atoms with Gasteiger partial charge in [-0.05, 0) is 12.1 Å². The van der Waals surface area contributed by atoms with Crippen LogP contribution in [-0.2, 0) is 20.1 Å². The second-order valence-corrected chi connectivity index (χ2v) is 3.25. The van der Waals surface area contributed by atoms with E-state index >= 15 is 0 Å². The lowest BCUT2D eigenvalue weighted by atomic mass is 10.3. The van der Waals surface area contributed by atoms with E-state index in [0.717, 1.165) is 24.5 Å². The van der Waals surface area contributed by atoms with Crippen molar-refractivity contribution >= 4 is 0 Å². The SMILES string of the molecule is Cn1nccc1CNCc1ccncn1. The predicted octanol–water partition coefficient (Wildman–Crippen LogP) is 0.500. The lowest BCUT2D eigenvalue weighted by molar-refractivity contribution is 0.619. The molecule has 1 N–H and O–H groups in total. The Morgan fingerprint density at radius 1 is 1.27 bits per heavy atom. The standard InChI is InChI=1S/C10H13N5/c1-15-10(3-5-14-15)7-12-6-9-2-4-11-8-13-9/h2-5,8,12H,6-7H2,1H3. The lowest BCUT2D eigenvalue weighted by Crippen LogP contribution is -2.15. The topological polar surface area (TPSA) is 55.6 Å². The molecule has 0 amide bonds. The van der Waals surface area contributed by atoms with Crippen molar-refractivity contribution in [3.05, 3.63) is 42.2 Å². The molecule has 15 heavy (non-hydrogen) atoms. The third-order valence-electron chi connectivity index (χ3n) is 2.18. The lowest BCUT2D eigenvalue weighted by Gasteiger charge is -2.04. The highest BCUT2D eigenvalue weighted by Crippen LogP contribution is 1.96. The van der Waals surface area contributed by atoms with Crippen LogP contribution in [0.4, 0.5) is 0 Å². The fourth-order valence-corrected chi connectivity index (χ4v) is 1.32. The summed E-state index contributed by atoms with van der Waals surface area (Å²) >= 11 is 0. The van der Waals surface area contributed by atoms with Crippen LogP contribution in [0.3, 0.4) is 0 Å². The highest BCUT2D eigenvalue weighted by molar-refractivity contribution is 5.01. The van der Waals surface area contributed by atoms with Crippen LogP contribution in [0.2, 0.25) is 0 Å². The van der Waals surface area contributed by atoms with E-state index in [1.807, 2.05) is 23.9 Å². The van der Waals surface area contributed by atoms with E-state index < -0.39 is 0 Å². The minimum atomic E-state index is 0.744. The van der Waals surface area contributed by atoms with E-state index in [9.17, 15) is 0 Å². The number of aryl methyl sites for hydroxylation is 1. The largest absolute Gasteiger partial charge is 0.306 e. The van der Waals surface area contributed by atoms with Crippen molar-refractivity contribution in [2.45, 2.75) is 13.1 Å². The Morgan fingerprint density at radius 2 is 2.20 bits per heavy atom. The van der Waals surface area contributed by atoms with Crippen molar-refractivity contribution in [2.75, 3.05) is 0 Å². The molecule has 5 nitrogen and oxygen atoms in total. The summed E-state index contributed by atoms with van der Waals surface area (Å²) in [5.74, 6) is 0. The van der Waals surface area contributed by atoms with Gasteiger partial charge >= 0.3 is 0 Å². The van der Waals surface area contributed by atoms with Crippen LogP contribution in [0.25, 0.3) is 0 Å². The van der Waals surface area contributed by atoms with E-state index in [2.05, 4.69) is 20.4 Å². The zero-order chi connectivity index (χ0) is 10.5. The number of nitrogens with zero attached hydrogens (tertiary/aromatic N) is 4. The van der Waals surface area contributed by atoms with Crippen molar-refractivity contribution in [3.63, 3.8) is 0 Å². The highest BCUT2D eigenvalue weighted by Gasteiger charge is 1.97. The van der Waals surface area contributed by atoms with Gasteiger partial charge in [-0.15, -0.1) is 0 Å². The van der Waals surface area contributed by atoms with Crippen molar-refractivity contribution in [1.29, 1.82) is 0 Å². The van der Waals surface area contributed by atoms with Crippen molar-refractivity contribution in [2.24, 2.45) is 7.05 Å². The molecule has 78 valence electrons. The second-order valence-electron chi connectivity index (χ2n) is 3.25. The molecule has 2 rings (SSSR count). The van der Waals surface area contributed by atoms with E-state index in [4.69, 9.17) is 0 Å². The van der Waals surface area contributed by atoms with Gasteiger partial charge in [-0.2, -0.15) is 5.10 Å². The molecule has 0 radical (unpaired) electrons. The zero-order valence-electron chi connectivity index (χ0n) is 8.59. The Bertz CT molecular complexity index is 409. The van der Waals surface area contributed by atoms with Crippen LogP contribution in [0.15, 0.2) is 30.9 Å². The highest BCUT2D eigenvalue weighted by atomic mass is 15.3. The average Bonchev–Trinajstić information content (AvgIpc) is 2.66. The van der Waals surface area contributed by atoms with Gasteiger partial charge in [-0.1, -0.05) is 0 Å². The fraction of sp³-hybridized carbons (Fsp3) is 0.300. The predicted molar refractivity (Wildman–Crippen MR) is 55.8 cm³/mol. The summed E-state index contributed by atoms with van der Waals surface area (Å²) in [6.07, 6.45) is 5.09. The fourth-order valence-electron chi connectivity index (χ4n) is 1.32. The zero-order valence-corrected chi connectivity index (χ0v) is 8.59. The Kier molecular flexibility index (Phi) is 3.04. The third-order valence-corrected chi connectivity index (χ3v) is 2.18. The molecule has 5 heteroatoms. The number of rotatable bonds is 4. The summed E-state index contributed by atoms with van der Waals surface area (Å²) in [6.45, 7) is 1.54. The van der Waals surface area contributed by atoms with Crippen LogP contribution in [-0.4, -0.2) is 19.7 Å². The third kappa shape index (κ3) is 2.60. The molecule has 2 aromatic heterocycles. The molecule has 2 aromatic rings. The smallest absolute Gasteiger partial charge is 0.115 e. The van der Waals surface area contributed by atoms with Gasteiger partial charge < -0.3 is 5.32 Å². The van der Waals surface area contributed by atoms with Gasteiger partial charge in [0.25, 0.3) is 0 Å². The molecular formula is C10H13N5. The normalized spacial score (nSPS) is 10.5. The van der Waals surface area contributed by atoms with E-state index in [0.29, 0.717) is 0 Å². The van der Waals surface area contributed by atoms with Gasteiger partial charge in [-0.25, -0.2) is 9.97 Å². The van der Waals surface area contributed by atoms with Crippen LogP contribution in [0.5, 0.6) is 0 Å². The molecular weight excluding hydrogens is 190 g/mol. The Hall–Kier alpha value is -1.75. The van der Waals surface area contributed by atoms with Crippen LogP contribution in [0.1, 0.15) is 11.4 Å². The van der Waals surface area contributed by atoms with Crippen molar-refractivity contribution in [3.8, 4) is 0 Å². The van der Waals surface area contributed by atoms with Gasteiger partial charge in [-0.3, -0.25) is 4.68 Å². The first kappa shape index (κ1) is 9.79. The second kappa shape index (κ2) is 4.65. The molecule has 0 saturated heterocycles. The molecule has 0 bridgehead atoms. The summed E-state index contributed by atoms with van der Waals surface area (Å²) < 4.78 is 1.85. The van der Waals surface area contributed by atoms with Gasteiger partial charge in [0.05, 0.1) is 11.4 Å². The maximum absolute atomic E-state index is 4.12.